The van der Waals surface area contributed by atoms with Crippen LogP contribution in [-0.2, 0) is 17.6 Å². The van der Waals surface area contributed by atoms with Crippen molar-refractivity contribution in [1.29, 1.82) is 0 Å². The predicted molar refractivity (Wildman–Crippen MR) is 118 cm³/mol. The summed E-state index contributed by atoms with van der Waals surface area (Å²) >= 11 is 0. The Hall–Kier alpha value is -3.28. The Morgan fingerprint density at radius 2 is 1.90 bits per heavy atom. The zero-order chi connectivity index (χ0) is 21.6. The number of para-hydroxylation sites is 2. The van der Waals surface area contributed by atoms with Crippen LogP contribution in [0.4, 0.5) is 0 Å². The number of amides is 1. The Kier molecular flexibility index (Phi) is 6.55. The summed E-state index contributed by atoms with van der Waals surface area (Å²) in [5.41, 5.74) is 2.30. The van der Waals surface area contributed by atoms with Crippen LogP contribution < -0.4 is 14.8 Å². The Morgan fingerprint density at radius 1 is 1.13 bits per heavy atom. The zero-order valence-electron chi connectivity index (χ0n) is 18.0. The summed E-state index contributed by atoms with van der Waals surface area (Å²) in [7, 11) is 0. The second-order valence-electron chi connectivity index (χ2n) is 8.21. The van der Waals surface area contributed by atoms with Gasteiger partial charge in [0.1, 0.15) is 12.7 Å². The minimum atomic E-state index is -0.203. The van der Waals surface area contributed by atoms with Crippen LogP contribution >= 0.6 is 0 Å². The average molecular weight is 421 g/mol. The standard InChI is InChI=1S/C25H28N2O4/c1-17(2)13-18-7-9-19(10-8-18)23-15-27-25(31-23)12-11-24(28)26-14-20-16-29-21-5-3-4-6-22(21)30-20/h3-10,15,17,20H,11-14,16H2,1-2H3,(H,26,28). The lowest BCUT2D eigenvalue weighted by atomic mass is 10.0. The largest absolute Gasteiger partial charge is 0.486 e. The number of nitrogens with one attached hydrogen (secondary N) is 1. The van der Waals surface area contributed by atoms with Crippen LogP contribution in [0.2, 0.25) is 0 Å². The van der Waals surface area contributed by atoms with Gasteiger partial charge in [0.05, 0.1) is 12.7 Å². The van der Waals surface area contributed by atoms with Crippen molar-refractivity contribution in [2.24, 2.45) is 5.92 Å². The first-order valence-corrected chi connectivity index (χ1v) is 10.8. The molecule has 6 nitrogen and oxygen atoms in total. The van der Waals surface area contributed by atoms with E-state index in [1.807, 2.05) is 24.3 Å². The fourth-order valence-corrected chi connectivity index (χ4v) is 3.54. The van der Waals surface area contributed by atoms with Gasteiger partial charge in [0.25, 0.3) is 0 Å². The number of ether oxygens (including phenoxy) is 2. The smallest absolute Gasteiger partial charge is 0.220 e. The summed E-state index contributed by atoms with van der Waals surface area (Å²) in [5, 5.41) is 2.90. The third-order valence-corrected chi connectivity index (χ3v) is 5.10. The van der Waals surface area contributed by atoms with Crippen LogP contribution in [0.3, 0.4) is 0 Å². The molecule has 162 valence electrons. The van der Waals surface area contributed by atoms with E-state index in [2.05, 4.69) is 48.4 Å². The van der Waals surface area contributed by atoms with Crippen molar-refractivity contribution in [1.82, 2.24) is 10.3 Å². The van der Waals surface area contributed by atoms with Gasteiger partial charge in [-0.2, -0.15) is 0 Å². The molecule has 3 aromatic rings. The quantitative estimate of drug-likeness (QED) is 0.584. The maximum absolute atomic E-state index is 12.2. The van der Waals surface area contributed by atoms with E-state index in [0.717, 1.165) is 23.5 Å². The van der Waals surface area contributed by atoms with Gasteiger partial charge < -0.3 is 19.2 Å². The number of oxazole rings is 1. The van der Waals surface area contributed by atoms with Gasteiger partial charge in [-0.25, -0.2) is 4.98 Å². The molecule has 1 amide bonds. The highest BCUT2D eigenvalue weighted by atomic mass is 16.6. The van der Waals surface area contributed by atoms with E-state index in [4.69, 9.17) is 13.9 Å². The van der Waals surface area contributed by atoms with Crippen LogP contribution in [0, 0.1) is 5.92 Å². The molecule has 31 heavy (non-hydrogen) atoms. The Bertz CT molecular complexity index is 1010. The van der Waals surface area contributed by atoms with Gasteiger partial charge in [-0.3, -0.25) is 4.79 Å². The van der Waals surface area contributed by atoms with Crippen molar-refractivity contribution in [3.05, 3.63) is 66.2 Å². The number of fused-ring (bicyclic) bond motifs is 1. The first-order valence-electron chi connectivity index (χ1n) is 10.8. The third-order valence-electron chi connectivity index (χ3n) is 5.10. The second-order valence-corrected chi connectivity index (χ2v) is 8.21. The lowest BCUT2D eigenvalue weighted by Gasteiger charge is -2.26. The van der Waals surface area contributed by atoms with E-state index in [0.29, 0.717) is 43.6 Å². The van der Waals surface area contributed by atoms with E-state index >= 15 is 0 Å². The SMILES string of the molecule is CC(C)Cc1ccc(-c2cnc(CCC(=O)NCC3COc4ccccc4O3)o2)cc1. The molecule has 0 fully saturated rings. The topological polar surface area (TPSA) is 73.6 Å². The lowest BCUT2D eigenvalue weighted by molar-refractivity contribution is -0.121. The van der Waals surface area contributed by atoms with Crippen molar-refractivity contribution < 1.29 is 18.7 Å². The lowest BCUT2D eigenvalue weighted by Crippen LogP contribution is -2.40. The molecule has 1 atom stereocenters. The molecule has 1 N–H and O–H groups in total. The molecule has 2 aromatic carbocycles. The molecule has 1 unspecified atom stereocenters. The normalized spacial score (nSPS) is 15.1. The summed E-state index contributed by atoms with van der Waals surface area (Å²) < 4.78 is 17.4. The number of aryl methyl sites for hydroxylation is 1. The van der Waals surface area contributed by atoms with Crippen molar-refractivity contribution in [2.45, 2.75) is 39.2 Å². The van der Waals surface area contributed by atoms with Gasteiger partial charge in [0.15, 0.2) is 23.1 Å². The number of rotatable bonds is 8. The van der Waals surface area contributed by atoms with E-state index in [1.54, 1.807) is 6.20 Å². The molecule has 1 aliphatic heterocycles. The molecule has 0 saturated heterocycles. The molecular formula is C25H28N2O4. The minimum Gasteiger partial charge on any atom is -0.486 e. The molecule has 2 heterocycles. The zero-order valence-corrected chi connectivity index (χ0v) is 18.0. The summed E-state index contributed by atoms with van der Waals surface area (Å²) in [6, 6.07) is 15.9. The molecule has 4 rings (SSSR count). The number of hydrogen-bond acceptors (Lipinski definition) is 5. The van der Waals surface area contributed by atoms with Gasteiger partial charge in [-0.05, 0) is 30.0 Å². The van der Waals surface area contributed by atoms with E-state index in [1.165, 1.54) is 5.56 Å². The highest BCUT2D eigenvalue weighted by Gasteiger charge is 2.21. The maximum atomic E-state index is 12.2. The Balaban J connectivity index is 1.23. The molecule has 6 heteroatoms. The van der Waals surface area contributed by atoms with Gasteiger partial charge in [0.2, 0.25) is 5.91 Å². The molecule has 0 saturated carbocycles. The molecule has 0 bridgehead atoms. The van der Waals surface area contributed by atoms with Gasteiger partial charge in [-0.1, -0.05) is 50.2 Å². The molecule has 0 spiro atoms. The number of nitrogens with zero attached hydrogens (tertiary/aromatic N) is 1. The predicted octanol–water partition coefficient (Wildman–Crippen LogP) is 4.43. The van der Waals surface area contributed by atoms with Gasteiger partial charge in [0, 0.05) is 18.4 Å². The van der Waals surface area contributed by atoms with E-state index in [9.17, 15) is 4.79 Å². The summed E-state index contributed by atoms with van der Waals surface area (Å²) in [6.07, 6.45) is 3.32. The molecule has 1 aliphatic rings. The van der Waals surface area contributed by atoms with E-state index in [-0.39, 0.29) is 12.0 Å². The van der Waals surface area contributed by atoms with Crippen LogP contribution in [0.25, 0.3) is 11.3 Å². The Morgan fingerprint density at radius 3 is 2.68 bits per heavy atom. The second kappa shape index (κ2) is 9.69. The van der Waals surface area contributed by atoms with Gasteiger partial charge >= 0.3 is 0 Å². The number of hydrogen-bond donors (Lipinski definition) is 1. The van der Waals surface area contributed by atoms with Gasteiger partial charge in [-0.15, -0.1) is 0 Å². The van der Waals surface area contributed by atoms with Crippen molar-refractivity contribution in [2.75, 3.05) is 13.2 Å². The highest BCUT2D eigenvalue weighted by Crippen LogP contribution is 2.30. The van der Waals surface area contributed by atoms with E-state index < -0.39 is 0 Å². The van der Waals surface area contributed by atoms with Crippen LogP contribution in [-0.4, -0.2) is 30.1 Å². The monoisotopic (exact) mass is 420 g/mol. The number of benzene rings is 2. The fourth-order valence-electron chi connectivity index (χ4n) is 3.54. The highest BCUT2D eigenvalue weighted by molar-refractivity contribution is 5.76. The first-order chi connectivity index (χ1) is 15.1. The van der Waals surface area contributed by atoms with Crippen molar-refractivity contribution in [3.8, 4) is 22.8 Å². The molecular weight excluding hydrogens is 392 g/mol. The molecule has 0 radical (unpaired) electrons. The summed E-state index contributed by atoms with van der Waals surface area (Å²) in [4.78, 5) is 16.5. The molecule has 1 aromatic heterocycles. The maximum Gasteiger partial charge on any atom is 0.220 e. The number of carbonyl (C=O) groups is 1. The van der Waals surface area contributed by atoms with Crippen LogP contribution in [0.5, 0.6) is 11.5 Å². The molecule has 0 aliphatic carbocycles. The summed E-state index contributed by atoms with van der Waals surface area (Å²) in [6.45, 7) is 5.23. The number of aromatic nitrogens is 1. The van der Waals surface area contributed by atoms with Crippen molar-refractivity contribution >= 4 is 5.91 Å². The average Bonchev–Trinajstić information content (AvgIpc) is 3.25. The summed E-state index contributed by atoms with van der Waals surface area (Å²) in [5.74, 6) is 3.28. The Labute approximate surface area is 182 Å². The minimum absolute atomic E-state index is 0.0692. The number of carbonyl (C=O) groups excluding carboxylic acids is 1. The first kappa shape index (κ1) is 21.0. The third kappa shape index (κ3) is 5.66. The van der Waals surface area contributed by atoms with Crippen molar-refractivity contribution in [3.63, 3.8) is 0 Å². The van der Waals surface area contributed by atoms with Crippen LogP contribution in [0.15, 0.2) is 59.1 Å². The van der Waals surface area contributed by atoms with Crippen LogP contribution in [0.1, 0.15) is 31.7 Å². The fraction of sp³-hybridized carbons (Fsp3) is 0.360.